The van der Waals surface area contributed by atoms with E-state index in [0.29, 0.717) is 19.4 Å². The SMILES string of the molecule is Cc1ccc(CCC(=O)N[C@@H](C)C(=O)N[C@@H]2CN(C)c3ccccc3C(c3ccccc3)=N2)cc1. The zero-order valence-electron chi connectivity index (χ0n) is 20.5. The number of fused-ring (bicyclic) bond motifs is 1. The van der Waals surface area contributed by atoms with Crippen LogP contribution in [0.5, 0.6) is 0 Å². The Balaban J connectivity index is 1.43. The molecule has 3 aromatic rings. The fraction of sp³-hybridized carbons (Fsp3) is 0.276. The van der Waals surface area contributed by atoms with Gasteiger partial charge in [0, 0.05) is 30.3 Å². The van der Waals surface area contributed by atoms with Crippen LogP contribution in [0, 0.1) is 6.92 Å². The number of aryl methyl sites for hydroxylation is 2. The Labute approximate surface area is 207 Å². The van der Waals surface area contributed by atoms with Crippen molar-refractivity contribution in [2.75, 3.05) is 18.5 Å². The minimum Gasteiger partial charge on any atom is -0.370 e. The average Bonchev–Trinajstić information content (AvgIpc) is 3.00. The number of carbonyl (C=O) groups excluding carboxylic acids is 2. The third kappa shape index (κ3) is 6.15. The smallest absolute Gasteiger partial charge is 0.243 e. The maximum absolute atomic E-state index is 13.0. The van der Waals surface area contributed by atoms with Crippen molar-refractivity contribution in [3.05, 3.63) is 101 Å². The summed E-state index contributed by atoms with van der Waals surface area (Å²) in [5.74, 6) is -0.402. The minimum atomic E-state index is -0.660. The molecule has 35 heavy (non-hydrogen) atoms. The topological polar surface area (TPSA) is 73.8 Å². The lowest BCUT2D eigenvalue weighted by atomic mass is 10.0. The first-order valence-corrected chi connectivity index (χ1v) is 12.0. The lowest BCUT2D eigenvalue weighted by Gasteiger charge is -2.24. The predicted octanol–water partition coefficient (Wildman–Crippen LogP) is 3.86. The molecule has 2 amide bonds. The fourth-order valence-electron chi connectivity index (χ4n) is 4.22. The summed E-state index contributed by atoms with van der Waals surface area (Å²) in [6.45, 7) is 4.26. The number of para-hydroxylation sites is 1. The third-order valence-electron chi connectivity index (χ3n) is 6.19. The summed E-state index contributed by atoms with van der Waals surface area (Å²) in [7, 11) is 2.00. The molecule has 3 aromatic carbocycles. The van der Waals surface area contributed by atoms with Crippen molar-refractivity contribution in [3.63, 3.8) is 0 Å². The van der Waals surface area contributed by atoms with Crippen LogP contribution in [0.2, 0.25) is 0 Å². The van der Waals surface area contributed by atoms with Gasteiger partial charge in [0.2, 0.25) is 11.8 Å². The molecule has 180 valence electrons. The number of nitrogens with zero attached hydrogens (tertiary/aromatic N) is 2. The summed E-state index contributed by atoms with van der Waals surface area (Å²) < 4.78 is 0. The van der Waals surface area contributed by atoms with Gasteiger partial charge in [-0.15, -0.1) is 0 Å². The van der Waals surface area contributed by atoms with Crippen LogP contribution < -0.4 is 15.5 Å². The number of benzene rings is 3. The molecule has 0 unspecified atom stereocenters. The van der Waals surface area contributed by atoms with Crippen molar-refractivity contribution in [2.24, 2.45) is 4.99 Å². The highest BCUT2D eigenvalue weighted by molar-refractivity contribution is 6.16. The summed E-state index contributed by atoms with van der Waals surface area (Å²) in [4.78, 5) is 32.5. The molecule has 0 aromatic heterocycles. The number of hydrogen-bond acceptors (Lipinski definition) is 4. The molecular formula is C29H32N4O2. The molecule has 6 nitrogen and oxygen atoms in total. The summed E-state index contributed by atoms with van der Waals surface area (Å²) in [6, 6.07) is 25.6. The summed E-state index contributed by atoms with van der Waals surface area (Å²) in [5.41, 5.74) is 6.21. The summed E-state index contributed by atoms with van der Waals surface area (Å²) in [5, 5.41) is 5.85. The van der Waals surface area contributed by atoms with Gasteiger partial charge in [0.05, 0.1) is 12.3 Å². The normalized spacial score (nSPS) is 15.9. The molecular weight excluding hydrogens is 436 g/mol. The van der Waals surface area contributed by atoms with Crippen molar-refractivity contribution >= 4 is 23.2 Å². The van der Waals surface area contributed by atoms with Crippen LogP contribution in [0.3, 0.4) is 0 Å². The number of amides is 2. The lowest BCUT2D eigenvalue weighted by molar-refractivity contribution is -0.128. The zero-order chi connectivity index (χ0) is 24.8. The van der Waals surface area contributed by atoms with Crippen LogP contribution in [-0.2, 0) is 16.0 Å². The van der Waals surface area contributed by atoms with E-state index in [0.717, 1.165) is 28.1 Å². The maximum Gasteiger partial charge on any atom is 0.243 e. The molecule has 0 bridgehead atoms. The Kier molecular flexibility index (Phi) is 7.60. The van der Waals surface area contributed by atoms with Gasteiger partial charge in [-0.05, 0) is 31.9 Å². The molecule has 2 N–H and O–H groups in total. The monoisotopic (exact) mass is 468 g/mol. The van der Waals surface area contributed by atoms with Gasteiger partial charge in [0.15, 0.2) is 0 Å². The van der Waals surface area contributed by atoms with Gasteiger partial charge in [0.1, 0.15) is 12.2 Å². The van der Waals surface area contributed by atoms with Gasteiger partial charge in [-0.3, -0.25) is 14.6 Å². The summed E-state index contributed by atoms with van der Waals surface area (Å²) >= 11 is 0. The Morgan fingerprint density at radius 1 is 1.00 bits per heavy atom. The van der Waals surface area contributed by atoms with Crippen molar-refractivity contribution in [1.82, 2.24) is 10.6 Å². The number of hydrogen-bond donors (Lipinski definition) is 2. The molecule has 2 atom stereocenters. The first-order valence-electron chi connectivity index (χ1n) is 12.0. The molecule has 1 aliphatic rings. The van der Waals surface area contributed by atoms with E-state index >= 15 is 0 Å². The van der Waals surface area contributed by atoms with E-state index in [1.165, 1.54) is 5.56 Å². The highest BCUT2D eigenvalue weighted by Gasteiger charge is 2.25. The van der Waals surface area contributed by atoms with Gasteiger partial charge in [0.25, 0.3) is 0 Å². The number of likely N-dealkylation sites (N-methyl/N-ethyl adjacent to an activating group) is 1. The zero-order valence-corrected chi connectivity index (χ0v) is 20.5. The molecule has 1 aliphatic heterocycles. The molecule has 0 saturated carbocycles. The highest BCUT2D eigenvalue weighted by atomic mass is 16.2. The first-order chi connectivity index (χ1) is 16.9. The van der Waals surface area contributed by atoms with Crippen LogP contribution in [0.1, 0.15) is 35.6 Å². The predicted molar refractivity (Wildman–Crippen MR) is 141 cm³/mol. The molecule has 0 spiro atoms. The largest absolute Gasteiger partial charge is 0.370 e. The maximum atomic E-state index is 13.0. The molecule has 0 aliphatic carbocycles. The van der Waals surface area contributed by atoms with E-state index in [1.54, 1.807) is 6.92 Å². The fourth-order valence-corrected chi connectivity index (χ4v) is 4.22. The second kappa shape index (κ2) is 11.0. The van der Waals surface area contributed by atoms with Crippen LogP contribution in [0.4, 0.5) is 5.69 Å². The van der Waals surface area contributed by atoms with Crippen molar-refractivity contribution in [1.29, 1.82) is 0 Å². The standard InChI is InChI=1S/C29H32N4O2/c1-20-13-15-22(16-14-20)17-18-27(34)30-21(2)29(35)32-26-19-33(3)25-12-8-7-11-24(25)28(31-26)23-9-5-4-6-10-23/h4-16,21,26H,17-19H2,1-3H3,(H,30,34)(H,32,35)/t21-,26+/m0/s1. The Hall–Kier alpha value is -3.93. The number of nitrogens with one attached hydrogen (secondary N) is 2. The second-order valence-corrected chi connectivity index (χ2v) is 9.04. The lowest BCUT2D eigenvalue weighted by Crippen LogP contribution is -2.50. The molecule has 4 rings (SSSR count). The van der Waals surface area contributed by atoms with E-state index in [4.69, 9.17) is 4.99 Å². The number of rotatable bonds is 7. The van der Waals surface area contributed by atoms with Gasteiger partial charge in [-0.2, -0.15) is 0 Å². The van der Waals surface area contributed by atoms with Crippen LogP contribution in [-0.4, -0.2) is 43.3 Å². The molecule has 1 heterocycles. The van der Waals surface area contributed by atoms with E-state index < -0.39 is 12.2 Å². The number of carbonyl (C=O) groups is 2. The Morgan fingerprint density at radius 2 is 1.69 bits per heavy atom. The average molecular weight is 469 g/mol. The van der Waals surface area contributed by atoms with E-state index in [9.17, 15) is 9.59 Å². The van der Waals surface area contributed by atoms with Gasteiger partial charge < -0.3 is 15.5 Å². The van der Waals surface area contributed by atoms with Crippen molar-refractivity contribution in [3.8, 4) is 0 Å². The van der Waals surface area contributed by atoms with E-state index in [1.807, 2.05) is 80.7 Å². The van der Waals surface area contributed by atoms with Gasteiger partial charge in [-0.25, -0.2) is 0 Å². The second-order valence-electron chi connectivity index (χ2n) is 9.04. The van der Waals surface area contributed by atoms with Crippen LogP contribution >= 0.6 is 0 Å². The Bertz CT molecular complexity index is 1200. The molecule has 0 saturated heterocycles. The number of aliphatic imine (C=N–C) groups is 1. The van der Waals surface area contributed by atoms with E-state index in [-0.39, 0.29) is 11.8 Å². The van der Waals surface area contributed by atoms with Gasteiger partial charge in [-0.1, -0.05) is 78.4 Å². The van der Waals surface area contributed by atoms with E-state index in [2.05, 4.69) is 27.7 Å². The van der Waals surface area contributed by atoms with Crippen molar-refractivity contribution in [2.45, 2.75) is 38.9 Å². The van der Waals surface area contributed by atoms with Crippen LogP contribution in [0.15, 0.2) is 83.9 Å². The first kappa shape index (κ1) is 24.2. The summed E-state index contributed by atoms with van der Waals surface area (Å²) in [6.07, 6.45) is 0.511. The third-order valence-corrected chi connectivity index (χ3v) is 6.19. The Morgan fingerprint density at radius 3 is 2.43 bits per heavy atom. The molecule has 6 heteroatoms. The minimum absolute atomic E-state index is 0.146. The van der Waals surface area contributed by atoms with Crippen LogP contribution in [0.25, 0.3) is 0 Å². The number of benzodiazepines with no additional fused rings is 1. The molecule has 0 fully saturated rings. The quantitative estimate of drug-likeness (QED) is 0.553. The number of anilines is 1. The highest BCUT2D eigenvalue weighted by Crippen LogP contribution is 2.26. The van der Waals surface area contributed by atoms with Gasteiger partial charge >= 0.3 is 0 Å². The van der Waals surface area contributed by atoms with Crippen molar-refractivity contribution < 1.29 is 9.59 Å². The molecule has 0 radical (unpaired) electrons.